The topological polar surface area (TPSA) is 35.5 Å². The fourth-order valence-corrected chi connectivity index (χ4v) is 1.56. The van der Waals surface area contributed by atoms with Crippen molar-refractivity contribution in [3.05, 3.63) is 0 Å². The van der Waals surface area contributed by atoms with Crippen LogP contribution in [0.15, 0.2) is 0 Å². The lowest BCUT2D eigenvalue weighted by atomic mass is 10.0. The van der Waals surface area contributed by atoms with Crippen LogP contribution in [0.25, 0.3) is 0 Å². The van der Waals surface area contributed by atoms with Crippen molar-refractivity contribution in [1.29, 1.82) is 0 Å². The van der Waals surface area contributed by atoms with E-state index in [-0.39, 0.29) is 17.8 Å². The fourth-order valence-electron chi connectivity index (χ4n) is 1.56. The average molecular weight is 200 g/mol. The molecule has 1 aliphatic rings. The van der Waals surface area contributed by atoms with E-state index < -0.39 is 5.79 Å². The molecule has 0 N–H and O–H groups in total. The molecule has 2 atom stereocenters. The lowest BCUT2D eigenvalue weighted by Gasteiger charge is -2.22. The van der Waals surface area contributed by atoms with Gasteiger partial charge in [0, 0.05) is 18.8 Å². The summed E-state index contributed by atoms with van der Waals surface area (Å²) in [6, 6.07) is 0. The summed E-state index contributed by atoms with van der Waals surface area (Å²) in [6.45, 7) is 8.36. The molecular formula is C11H20O3. The van der Waals surface area contributed by atoms with Gasteiger partial charge in [0.1, 0.15) is 5.78 Å². The van der Waals surface area contributed by atoms with Crippen LogP contribution in [0.4, 0.5) is 0 Å². The van der Waals surface area contributed by atoms with Crippen LogP contribution in [0.5, 0.6) is 0 Å². The molecule has 1 rings (SSSR count). The van der Waals surface area contributed by atoms with Crippen LogP contribution in [0.1, 0.15) is 40.5 Å². The number of rotatable bonds is 4. The van der Waals surface area contributed by atoms with E-state index in [1.54, 1.807) is 0 Å². The standard InChI is InChI=1S/C11H20O3/c1-8(2)10(12)5-6-11(4)13-7-9(3)14-11/h8-9H,5-7H2,1-4H3. The third kappa shape index (κ3) is 3.07. The Hall–Kier alpha value is -0.410. The zero-order valence-corrected chi connectivity index (χ0v) is 9.50. The highest BCUT2D eigenvalue weighted by Gasteiger charge is 2.35. The van der Waals surface area contributed by atoms with Gasteiger partial charge in [-0.2, -0.15) is 0 Å². The Balaban J connectivity index is 2.34. The summed E-state index contributed by atoms with van der Waals surface area (Å²) >= 11 is 0. The molecule has 0 amide bonds. The molecule has 2 unspecified atom stereocenters. The molecule has 1 saturated heterocycles. The summed E-state index contributed by atoms with van der Waals surface area (Å²) in [7, 11) is 0. The van der Waals surface area contributed by atoms with E-state index in [0.717, 1.165) is 0 Å². The van der Waals surface area contributed by atoms with E-state index >= 15 is 0 Å². The molecule has 1 fully saturated rings. The van der Waals surface area contributed by atoms with Gasteiger partial charge in [-0.25, -0.2) is 0 Å². The van der Waals surface area contributed by atoms with Crippen molar-refractivity contribution in [2.45, 2.75) is 52.4 Å². The van der Waals surface area contributed by atoms with Crippen molar-refractivity contribution in [3.63, 3.8) is 0 Å². The Morgan fingerprint density at radius 1 is 1.57 bits per heavy atom. The summed E-state index contributed by atoms with van der Waals surface area (Å²) < 4.78 is 11.1. The van der Waals surface area contributed by atoms with Gasteiger partial charge in [-0.1, -0.05) is 13.8 Å². The summed E-state index contributed by atoms with van der Waals surface area (Å²) in [6.07, 6.45) is 1.35. The van der Waals surface area contributed by atoms with Crippen molar-refractivity contribution in [1.82, 2.24) is 0 Å². The zero-order valence-electron chi connectivity index (χ0n) is 9.50. The van der Waals surface area contributed by atoms with Gasteiger partial charge in [0.25, 0.3) is 0 Å². The first kappa shape index (κ1) is 11.7. The third-order valence-electron chi connectivity index (χ3n) is 2.54. The van der Waals surface area contributed by atoms with E-state index in [9.17, 15) is 4.79 Å². The van der Waals surface area contributed by atoms with Crippen molar-refractivity contribution >= 4 is 5.78 Å². The van der Waals surface area contributed by atoms with Crippen molar-refractivity contribution in [3.8, 4) is 0 Å². The van der Waals surface area contributed by atoms with Gasteiger partial charge in [0.2, 0.25) is 0 Å². The average Bonchev–Trinajstić information content (AvgIpc) is 2.43. The molecule has 82 valence electrons. The molecule has 3 nitrogen and oxygen atoms in total. The summed E-state index contributed by atoms with van der Waals surface area (Å²) in [4.78, 5) is 11.4. The third-order valence-corrected chi connectivity index (χ3v) is 2.54. The van der Waals surface area contributed by atoms with Crippen LogP contribution in [-0.2, 0) is 14.3 Å². The molecule has 0 aromatic carbocycles. The Bertz CT molecular complexity index is 213. The maximum Gasteiger partial charge on any atom is 0.166 e. The summed E-state index contributed by atoms with van der Waals surface area (Å²) in [5, 5.41) is 0. The van der Waals surface area contributed by atoms with Crippen molar-refractivity contribution in [2.75, 3.05) is 6.61 Å². The molecule has 0 aliphatic carbocycles. The molecule has 0 saturated carbocycles. The molecule has 1 heterocycles. The van der Waals surface area contributed by atoms with Gasteiger partial charge in [-0.15, -0.1) is 0 Å². The minimum Gasteiger partial charge on any atom is -0.348 e. The molecule has 1 aliphatic heterocycles. The summed E-state index contributed by atoms with van der Waals surface area (Å²) in [5.74, 6) is -0.153. The molecule has 0 bridgehead atoms. The van der Waals surface area contributed by atoms with Gasteiger partial charge >= 0.3 is 0 Å². The van der Waals surface area contributed by atoms with E-state index in [1.165, 1.54) is 0 Å². The van der Waals surface area contributed by atoms with Crippen LogP contribution in [0.2, 0.25) is 0 Å². The molecule has 0 aromatic heterocycles. The maximum absolute atomic E-state index is 11.4. The zero-order chi connectivity index (χ0) is 10.8. The monoisotopic (exact) mass is 200 g/mol. The second-order valence-corrected chi connectivity index (χ2v) is 4.49. The number of Topliss-reactive ketones (excluding diaryl/α,β-unsaturated/α-hetero) is 1. The Morgan fingerprint density at radius 3 is 2.64 bits per heavy atom. The predicted octanol–water partition coefficient (Wildman–Crippen LogP) is 2.14. The van der Waals surface area contributed by atoms with Crippen molar-refractivity contribution in [2.24, 2.45) is 5.92 Å². The molecular weight excluding hydrogens is 180 g/mol. The number of carbonyl (C=O) groups excluding carboxylic acids is 1. The first-order valence-electron chi connectivity index (χ1n) is 5.27. The molecule has 0 spiro atoms. The highest BCUT2D eigenvalue weighted by Crippen LogP contribution is 2.28. The van der Waals surface area contributed by atoms with Crippen LogP contribution < -0.4 is 0 Å². The molecule has 14 heavy (non-hydrogen) atoms. The highest BCUT2D eigenvalue weighted by molar-refractivity contribution is 5.80. The smallest absolute Gasteiger partial charge is 0.166 e. The Labute approximate surface area is 85.8 Å². The van der Waals surface area contributed by atoms with Crippen LogP contribution in [0, 0.1) is 5.92 Å². The summed E-state index contributed by atoms with van der Waals surface area (Å²) in [5.41, 5.74) is 0. The fraction of sp³-hybridized carbons (Fsp3) is 0.909. The quantitative estimate of drug-likeness (QED) is 0.697. The lowest BCUT2D eigenvalue weighted by molar-refractivity contribution is -0.160. The number of carbonyl (C=O) groups is 1. The van der Waals surface area contributed by atoms with Gasteiger partial charge in [0.15, 0.2) is 5.79 Å². The number of ether oxygens (including phenoxy) is 2. The highest BCUT2D eigenvalue weighted by atomic mass is 16.7. The van der Waals surface area contributed by atoms with Gasteiger partial charge in [0.05, 0.1) is 12.7 Å². The first-order valence-corrected chi connectivity index (χ1v) is 5.27. The second-order valence-electron chi connectivity index (χ2n) is 4.49. The number of hydrogen-bond donors (Lipinski definition) is 0. The maximum atomic E-state index is 11.4. The van der Waals surface area contributed by atoms with E-state index in [1.807, 2.05) is 27.7 Å². The van der Waals surface area contributed by atoms with E-state index in [4.69, 9.17) is 9.47 Å². The van der Waals surface area contributed by atoms with Crippen LogP contribution in [-0.4, -0.2) is 24.3 Å². The van der Waals surface area contributed by atoms with E-state index in [0.29, 0.717) is 19.4 Å². The second kappa shape index (κ2) is 4.41. The Morgan fingerprint density at radius 2 is 2.21 bits per heavy atom. The van der Waals surface area contributed by atoms with Crippen molar-refractivity contribution < 1.29 is 14.3 Å². The first-order chi connectivity index (χ1) is 6.43. The van der Waals surface area contributed by atoms with Crippen LogP contribution >= 0.6 is 0 Å². The number of hydrogen-bond acceptors (Lipinski definition) is 3. The Kier molecular flexibility index (Phi) is 3.67. The minimum atomic E-state index is -0.538. The van der Waals surface area contributed by atoms with Crippen LogP contribution in [0.3, 0.4) is 0 Å². The molecule has 0 aromatic rings. The van der Waals surface area contributed by atoms with E-state index in [2.05, 4.69) is 0 Å². The predicted molar refractivity (Wildman–Crippen MR) is 54.0 cm³/mol. The lowest BCUT2D eigenvalue weighted by Crippen LogP contribution is -2.27. The molecule has 3 heteroatoms. The largest absolute Gasteiger partial charge is 0.348 e. The van der Waals surface area contributed by atoms with Gasteiger partial charge in [-0.05, 0) is 13.8 Å². The van der Waals surface area contributed by atoms with Gasteiger partial charge in [-0.3, -0.25) is 4.79 Å². The SMILES string of the molecule is CC1COC(C)(CCC(=O)C(C)C)O1. The number of ketones is 1. The minimum absolute atomic E-state index is 0.109. The normalized spacial score (nSPS) is 32.5. The molecule has 0 radical (unpaired) electrons. The van der Waals surface area contributed by atoms with Gasteiger partial charge < -0.3 is 9.47 Å².